The number of para-hydroxylation sites is 1. The lowest BCUT2D eigenvalue weighted by atomic mass is 10.2. The molecule has 22 heavy (non-hydrogen) atoms. The van der Waals surface area contributed by atoms with Crippen LogP contribution >= 0.6 is 22.9 Å². The van der Waals surface area contributed by atoms with Crippen molar-refractivity contribution in [2.75, 3.05) is 0 Å². The van der Waals surface area contributed by atoms with E-state index < -0.39 is 15.3 Å². The molecule has 7 heteroatoms. The number of alkyl halides is 1. The molecule has 0 radical (unpaired) electrons. The first-order valence-corrected chi connectivity index (χ1v) is 9.19. The standard InChI is InChI=1S/C15H11ClFNO2S2/c16-11-6-2-1-5-10(11)9-14(17)22(19,20)15-18-12-7-3-4-8-13(12)21-15/h1-8,14H,9H2. The number of hydrogen-bond donors (Lipinski definition) is 0. The minimum atomic E-state index is -4.13. The zero-order valence-electron chi connectivity index (χ0n) is 11.2. The van der Waals surface area contributed by atoms with Crippen LogP contribution in [0.25, 0.3) is 10.2 Å². The predicted octanol–water partition coefficient (Wildman–Crippen LogP) is 4.26. The molecular weight excluding hydrogens is 345 g/mol. The number of hydrogen-bond acceptors (Lipinski definition) is 4. The van der Waals surface area contributed by atoms with Crippen LogP contribution in [0.4, 0.5) is 4.39 Å². The van der Waals surface area contributed by atoms with Gasteiger partial charge in [-0.1, -0.05) is 41.9 Å². The summed E-state index contributed by atoms with van der Waals surface area (Å²) in [5.41, 5.74) is -1.06. The van der Waals surface area contributed by atoms with Gasteiger partial charge >= 0.3 is 0 Å². The largest absolute Gasteiger partial charge is 0.237 e. The molecular formula is C15H11ClFNO2S2. The normalized spacial score (nSPS) is 13.4. The molecule has 0 aliphatic heterocycles. The van der Waals surface area contributed by atoms with Crippen LogP contribution in [0.1, 0.15) is 5.56 Å². The van der Waals surface area contributed by atoms with E-state index in [-0.39, 0.29) is 10.8 Å². The van der Waals surface area contributed by atoms with E-state index in [9.17, 15) is 12.8 Å². The number of benzene rings is 2. The van der Waals surface area contributed by atoms with Crippen LogP contribution in [-0.4, -0.2) is 18.9 Å². The molecule has 1 aromatic heterocycles. The van der Waals surface area contributed by atoms with Crippen LogP contribution in [0.3, 0.4) is 0 Å². The monoisotopic (exact) mass is 355 g/mol. The number of halogens is 2. The van der Waals surface area contributed by atoms with Gasteiger partial charge in [0.1, 0.15) is 0 Å². The second-order valence-corrected chi connectivity index (χ2v) is 8.38. The third kappa shape index (κ3) is 2.86. The summed E-state index contributed by atoms with van der Waals surface area (Å²) in [5.74, 6) is 0. The minimum Gasteiger partial charge on any atom is -0.229 e. The van der Waals surface area contributed by atoms with Crippen LogP contribution in [0.15, 0.2) is 52.9 Å². The Balaban J connectivity index is 1.93. The summed E-state index contributed by atoms with van der Waals surface area (Å²) in [6.07, 6.45) is -0.294. The highest BCUT2D eigenvalue weighted by Crippen LogP contribution is 2.30. The Hall–Kier alpha value is -1.50. The molecule has 1 unspecified atom stereocenters. The summed E-state index contributed by atoms with van der Waals surface area (Å²) in [6, 6.07) is 13.6. The number of nitrogens with zero attached hydrogens (tertiary/aromatic N) is 1. The zero-order valence-corrected chi connectivity index (χ0v) is 13.6. The van der Waals surface area contributed by atoms with Crippen LogP contribution < -0.4 is 0 Å². The molecule has 0 N–H and O–H groups in total. The van der Waals surface area contributed by atoms with Crippen molar-refractivity contribution in [3.8, 4) is 0 Å². The molecule has 3 nitrogen and oxygen atoms in total. The van der Waals surface area contributed by atoms with Gasteiger partial charge in [-0.3, -0.25) is 0 Å². The summed E-state index contributed by atoms with van der Waals surface area (Å²) < 4.78 is 39.6. The van der Waals surface area contributed by atoms with Crippen LogP contribution in [-0.2, 0) is 16.3 Å². The number of aromatic nitrogens is 1. The molecule has 0 aliphatic rings. The molecule has 0 saturated heterocycles. The van der Waals surface area contributed by atoms with Crippen molar-refractivity contribution in [2.45, 2.75) is 16.3 Å². The van der Waals surface area contributed by atoms with Crippen LogP contribution in [0.2, 0.25) is 5.02 Å². The maximum atomic E-state index is 14.4. The van der Waals surface area contributed by atoms with E-state index in [2.05, 4.69) is 4.98 Å². The fourth-order valence-electron chi connectivity index (χ4n) is 2.03. The highest BCUT2D eigenvalue weighted by Gasteiger charge is 2.31. The molecule has 114 valence electrons. The Kier molecular flexibility index (Phi) is 4.16. The quantitative estimate of drug-likeness (QED) is 0.702. The van der Waals surface area contributed by atoms with Crippen molar-refractivity contribution < 1.29 is 12.8 Å². The third-order valence-electron chi connectivity index (χ3n) is 3.19. The minimum absolute atomic E-state index is 0.201. The molecule has 1 heterocycles. The highest BCUT2D eigenvalue weighted by molar-refractivity contribution is 7.93. The van der Waals surface area contributed by atoms with Gasteiger partial charge in [-0.05, 0) is 23.8 Å². The van der Waals surface area contributed by atoms with E-state index in [1.54, 1.807) is 48.5 Å². The topological polar surface area (TPSA) is 47.0 Å². The van der Waals surface area contributed by atoms with Crippen LogP contribution in [0.5, 0.6) is 0 Å². The van der Waals surface area contributed by atoms with Crippen molar-refractivity contribution in [2.24, 2.45) is 0 Å². The molecule has 3 aromatic rings. The first kappa shape index (κ1) is 15.4. The van der Waals surface area contributed by atoms with Gasteiger partial charge in [-0.15, -0.1) is 11.3 Å². The molecule has 0 spiro atoms. The van der Waals surface area contributed by atoms with Gasteiger partial charge in [0.15, 0.2) is 0 Å². The van der Waals surface area contributed by atoms with E-state index in [0.29, 0.717) is 20.8 Å². The number of fused-ring (bicyclic) bond motifs is 1. The van der Waals surface area contributed by atoms with Crippen molar-refractivity contribution in [3.63, 3.8) is 0 Å². The lowest BCUT2D eigenvalue weighted by Gasteiger charge is -2.08. The smallest absolute Gasteiger partial charge is 0.229 e. The van der Waals surface area contributed by atoms with Gasteiger partial charge in [0.25, 0.3) is 0 Å². The van der Waals surface area contributed by atoms with Crippen molar-refractivity contribution >= 4 is 43.0 Å². The van der Waals surface area contributed by atoms with Gasteiger partial charge in [0.2, 0.25) is 19.7 Å². The van der Waals surface area contributed by atoms with Crippen molar-refractivity contribution in [1.29, 1.82) is 0 Å². The van der Waals surface area contributed by atoms with E-state index >= 15 is 0 Å². The molecule has 1 atom stereocenters. The van der Waals surface area contributed by atoms with Gasteiger partial charge in [0.05, 0.1) is 10.2 Å². The summed E-state index contributed by atoms with van der Waals surface area (Å²) in [4.78, 5) is 4.03. The molecule has 0 saturated carbocycles. The third-order valence-corrected chi connectivity index (χ3v) is 6.76. The van der Waals surface area contributed by atoms with Crippen LogP contribution in [0, 0.1) is 0 Å². The fourth-order valence-corrected chi connectivity index (χ4v) is 4.83. The number of sulfone groups is 1. The van der Waals surface area contributed by atoms with Gasteiger partial charge in [-0.25, -0.2) is 17.8 Å². The highest BCUT2D eigenvalue weighted by atomic mass is 35.5. The SMILES string of the molecule is O=S(=O)(c1nc2ccccc2s1)C(F)Cc1ccccc1Cl. The maximum Gasteiger partial charge on any atom is 0.237 e. The molecule has 0 fully saturated rings. The van der Waals surface area contributed by atoms with Crippen molar-refractivity contribution in [1.82, 2.24) is 4.98 Å². The Labute approximate surface area is 136 Å². The Morgan fingerprint density at radius 2 is 1.82 bits per heavy atom. The molecule has 0 bridgehead atoms. The van der Waals surface area contributed by atoms with Crippen molar-refractivity contribution in [3.05, 3.63) is 59.1 Å². The summed E-state index contributed by atoms with van der Waals surface area (Å²) in [7, 11) is -4.13. The second kappa shape index (κ2) is 5.95. The molecule has 2 aromatic carbocycles. The average molecular weight is 356 g/mol. The fraction of sp³-hybridized carbons (Fsp3) is 0.133. The van der Waals surface area contributed by atoms with Gasteiger partial charge in [-0.2, -0.15) is 0 Å². The predicted molar refractivity (Wildman–Crippen MR) is 86.9 cm³/mol. The first-order chi connectivity index (χ1) is 10.5. The summed E-state index contributed by atoms with van der Waals surface area (Å²) in [6.45, 7) is 0. The summed E-state index contributed by atoms with van der Waals surface area (Å²) in [5, 5.41) is 0.352. The van der Waals surface area contributed by atoms with E-state index in [4.69, 9.17) is 11.6 Å². The lowest BCUT2D eigenvalue weighted by molar-refractivity contribution is 0.416. The lowest BCUT2D eigenvalue weighted by Crippen LogP contribution is -2.19. The molecule has 0 amide bonds. The Morgan fingerprint density at radius 1 is 1.14 bits per heavy atom. The molecule has 3 rings (SSSR count). The average Bonchev–Trinajstić information content (AvgIpc) is 2.94. The Morgan fingerprint density at radius 3 is 2.55 bits per heavy atom. The summed E-state index contributed by atoms with van der Waals surface area (Å²) >= 11 is 6.93. The first-order valence-electron chi connectivity index (χ1n) is 6.45. The van der Waals surface area contributed by atoms with E-state index in [0.717, 1.165) is 11.3 Å². The van der Waals surface area contributed by atoms with Gasteiger partial charge in [0, 0.05) is 11.4 Å². The molecule has 0 aliphatic carbocycles. The number of rotatable bonds is 4. The van der Waals surface area contributed by atoms with E-state index in [1.807, 2.05) is 0 Å². The van der Waals surface area contributed by atoms with Gasteiger partial charge < -0.3 is 0 Å². The number of thiazole rings is 1. The zero-order chi connectivity index (χ0) is 15.7. The van der Waals surface area contributed by atoms with E-state index in [1.165, 1.54) is 0 Å². The Bertz CT molecular complexity index is 891. The second-order valence-electron chi connectivity index (χ2n) is 4.70. The maximum absolute atomic E-state index is 14.4.